The lowest BCUT2D eigenvalue weighted by molar-refractivity contribution is 0.173. The first kappa shape index (κ1) is 16.2. The van der Waals surface area contributed by atoms with Gasteiger partial charge in [-0.05, 0) is 12.1 Å². The van der Waals surface area contributed by atoms with Gasteiger partial charge in [0.2, 0.25) is 0 Å². The standard InChI is InChI=1S/C14H22ClNO3/c1-11(9-17)10-19-14-5-3-4-13(15)12(14)8-16-6-7-18-2/h3-5,11,16-17H,6-10H2,1-2H3. The van der Waals surface area contributed by atoms with Gasteiger partial charge in [0.1, 0.15) is 5.75 Å². The molecule has 5 heteroatoms. The molecule has 108 valence electrons. The summed E-state index contributed by atoms with van der Waals surface area (Å²) in [6.45, 7) is 4.56. The van der Waals surface area contributed by atoms with Crippen molar-refractivity contribution in [1.29, 1.82) is 0 Å². The van der Waals surface area contributed by atoms with Crippen molar-refractivity contribution < 1.29 is 14.6 Å². The molecule has 0 heterocycles. The first-order valence-corrected chi connectivity index (χ1v) is 6.77. The highest BCUT2D eigenvalue weighted by Crippen LogP contribution is 2.26. The quantitative estimate of drug-likeness (QED) is 0.683. The van der Waals surface area contributed by atoms with Gasteiger partial charge >= 0.3 is 0 Å². The maximum absolute atomic E-state index is 9.00. The predicted molar refractivity (Wildman–Crippen MR) is 76.8 cm³/mol. The molecule has 0 saturated heterocycles. The monoisotopic (exact) mass is 287 g/mol. The van der Waals surface area contributed by atoms with Crippen LogP contribution in [0.4, 0.5) is 0 Å². The average Bonchev–Trinajstić information content (AvgIpc) is 2.42. The molecule has 19 heavy (non-hydrogen) atoms. The van der Waals surface area contributed by atoms with Crippen LogP contribution >= 0.6 is 11.6 Å². The van der Waals surface area contributed by atoms with Gasteiger partial charge < -0.3 is 19.9 Å². The zero-order chi connectivity index (χ0) is 14.1. The molecule has 0 radical (unpaired) electrons. The third-order valence-electron chi connectivity index (χ3n) is 2.70. The van der Waals surface area contributed by atoms with E-state index in [1.54, 1.807) is 7.11 Å². The minimum atomic E-state index is 0.105. The number of halogens is 1. The summed E-state index contributed by atoms with van der Waals surface area (Å²) in [5.41, 5.74) is 0.936. The molecule has 0 fully saturated rings. The molecule has 1 rings (SSSR count). The van der Waals surface area contributed by atoms with Crippen LogP contribution in [-0.2, 0) is 11.3 Å². The summed E-state index contributed by atoms with van der Waals surface area (Å²) in [5.74, 6) is 0.867. The van der Waals surface area contributed by atoms with Crippen LogP contribution in [0.3, 0.4) is 0 Å². The molecule has 0 saturated carbocycles. The van der Waals surface area contributed by atoms with E-state index in [2.05, 4.69) is 5.32 Å². The second kappa shape index (κ2) is 9.15. The van der Waals surface area contributed by atoms with Crippen molar-refractivity contribution in [3.63, 3.8) is 0 Å². The molecule has 0 spiro atoms. The zero-order valence-corrected chi connectivity index (χ0v) is 12.2. The van der Waals surface area contributed by atoms with Gasteiger partial charge in [0, 0.05) is 43.3 Å². The number of hydrogen-bond donors (Lipinski definition) is 2. The summed E-state index contributed by atoms with van der Waals surface area (Å²) in [6.07, 6.45) is 0. The Morgan fingerprint density at radius 3 is 2.89 bits per heavy atom. The van der Waals surface area contributed by atoms with Crippen molar-refractivity contribution in [3.05, 3.63) is 28.8 Å². The summed E-state index contributed by atoms with van der Waals surface area (Å²) >= 11 is 6.19. The number of hydrogen-bond acceptors (Lipinski definition) is 4. The van der Waals surface area contributed by atoms with Gasteiger partial charge in [-0.2, -0.15) is 0 Å². The van der Waals surface area contributed by atoms with Crippen molar-refractivity contribution in [3.8, 4) is 5.75 Å². The Kier molecular flexibility index (Phi) is 7.82. The molecule has 2 N–H and O–H groups in total. The van der Waals surface area contributed by atoms with E-state index in [0.29, 0.717) is 24.8 Å². The summed E-state index contributed by atoms with van der Waals surface area (Å²) in [4.78, 5) is 0. The number of nitrogens with one attached hydrogen (secondary N) is 1. The molecule has 0 aliphatic carbocycles. The van der Waals surface area contributed by atoms with Crippen LogP contribution in [0.25, 0.3) is 0 Å². The van der Waals surface area contributed by atoms with Crippen LogP contribution in [0.1, 0.15) is 12.5 Å². The van der Waals surface area contributed by atoms with E-state index in [0.717, 1.165) is 17.9 Å². The molecular formula is C14H22ClNO3. The Labute approximate surface area is 119 Å². The molecule has 0 aromatic heterocycles. The topological polar surface area (TPSA) is 50.7 Å². The van der Waals surface area contributed by atoms with E-state index in [-0.39, 0.29) is 12.5 Å². The van der Waals surface area contributed by atoms with Gasteiger partial charge in [-0.3, -0.25) is 0 Å². The van der Waals surface area contributed by atoms with Gasteiger partial charge in [0.15, 0.2) is 0 Å². The van der Waals surface area contributed by atoms with E-state index < -0.39 is 0 Å². The Bertz CT molecular complexity index is 374. The SMILES string of the molecule is COCCNCc1c(Cl)cccc1OCC(C)CO. The summed E-state index contributed by atoms with van der Waals surface area (Å²) in [6, 6.07) is 5.60. The van der Waals surface area contributed by atoms with E-state index >= 15 is 0 Å². The first-order chi connectivity index (χ1) is 9.19. The lowest BCUT2D eigenvalue weighted by Gasteiger charge is -2.15. The molecule has 1 aromatic rings. The average molecular weight is 288 g/mol. The smallest absolute Gasteiger partial charge is 0.125 e. The van der Waals surface area contributed by atoms with Gasteiger partial charge in [-0.25, -0.2) is 0 Å². The van der Waals surface area contributed by atoms with Crippen LogP contribution in [0.2, 0.25) is 5.02 Å². The fourth-order valence-corrected chi connectivity index (χ4v) is 1.75. The second-order valence-electron chi connectivity index (χ2n) is 4.48. The third-order valence-corrected chi connectivity index (χ3v) is 3.05. The van der Waals surface area contributed by atoms with Crippen LogP contribution in [0, 0.1) is 5.92 Å². The van der Waals surface area contributed by atoms with Gasteiger partial charge in [0.25, 0.3) is 0 Å². The summed E-state index contributed by atoms with van der Waals surface area (Å²) < 4.78 is 10.7. The highest BCUT2D eigenvalue weighted by molar-refractivity contribution is 6.31. The highest BCUT2D eigenvalue weighted by atomic mass is 35.5. The van der Waals surface area contributed by atoms with Crippen molar-refractivity contribution in [2.24, 2.45) is 5.92 Å². The fraction of sp³-hybridized carbons (Fsp3) is 0.571. The predicted octanol–water partition coefficient (Wildman–Crippen LogP) is 2.08. The number of rotatable bonds is 9. The number of ether oxygens (including phenoxy) is 2. The molecule has 0 aliphatic rings. The normalized spacial score (nSPS) is 12.4. The Hall–Kier alpha value is -0.810. The molecule has 4 nitrogen and oxygen atoms in total. The number of methoxy groups -OCH3 is 1. The molecule has 1 unspecified atom stereocenters. The Balaban J connectivity index is 2.61. The molecule has 1 aromatic carbocycles. The number of aliphatic hydroxyl groups is 1. The van der Waals surface area contributed by atoms with Gasteiger partial charge in [-0.15, -0.1) is 0 Å². The zero-order valence-electron chi connectivity index (χ0n) is 11.5. The van der Waals surface area contributed by atoms with E-state index in [9.17, 15) is 0 Å². The van der Waals surface area contributed by atoms with E-state index in [1.807, 2.05) is 25.1 Å². The number of aliphatic hydroxyl groups excluding tert-OH is 1. The summed E-state index contributed by atoms with van der Waals surface area (Å²) in [5, 5.41) is 12.9. The Morgan fingerprint density at radius 1 is 1.42 bits per heavy atom. The molecule has 0 amide bonds. The first-order valence-electron chi connectivity index (χ1n) is 6.39. The Morgan fingerprint density at radius 2 is 2.21 bits per heavy atom. The lowest BCUT2D eigenvalue weighted by atomic mass is 10.2. The van der Waals surface area contributed by atoms with Crippen LogP contribution in [-0.4, -0.2) is 38.6 Å². The lowest BCUT2D eigenvalue weighted by Crippen LogP contribution is -2.20. The minimum absolute atomic E-state index is 0.105. The van der Waals surface area contributed by atoms with E-state index in [4.69, 9.17) is 26.2 Å². The van der Waals surface area contributed by atoms with Crippen molar-refractivity contribution in [1.82, 2.24) is 5.32 Å². The second-order valence-corrected chi connectivity index (χ2v) is 4.89. The third kappa shape index (κ3) is 5.78. The minimum Gasteiger partial charge on any atom is -0.493 e. The molecular weight excluding hydrogens is 266 g/mol. The largest absolute Gasteiger partial charge is 0.493 e. The molecule has 0 bridgehead atoms. The van der Waals surface area contributed by atoms with Crippen LogP contribution in [0.5, 0.6) is 5.75 Å². The summed E-state index contributed by atoms with van der Waals surface area (Å²) in [7, 11) is 1.67. The highest BCUT2D eigenvalue weighted by Gasteiger charge is 2.09. The van der Waals surface area contributed by atoms with Crippen molar-refractivity contribution in [2.45, 2.75) is 13.5 Å². The number of benzene rings is 1. The van der Waals surface area contributed by atoms with Crippen LogP contribution in [0.15, 0.2) is 18.2 Å². The molecule has 1 atom stereocenters. The van der Waals surface area contributed by atoms with E-state index in [1.165, 1.54) is 0 Å². The van der Waals surface area contributed by atoms with Gasteiger partial charge in [0.05, 0.1) is 13.2 Å². The van der Waals surface area contributed by atoms with Crippen molar-refractivity contribution in [2.75, 3.05) is 33.5 Å². The van der Waals surface area contributed by atoms with Gasteiger partial charge in [-0.1, -0.05) is 24.6 Å². The fourth-order valence-electron chi connectivity index (χ4n) is 1.52. The van der Waals surface area contributed by atoms with Crippen LogP contribution < -0.4 is 10.1 Å². The van der Waals surface area contributed by atoms with Crippen molar-refractivity contribution >= 4 is 11.6 Å². The maximum Gasteiger partial charge on any atom is 0.125 e. The molecule has 0 aliphatic heterocycles. The maximum atomic E-state index is 9.00.